The van der Waals surface area contributed by atoms with Gasteiger partial charge in [-0.3, -0.25) is 14.4 Å². The lowest BCUT2D eigenvalue weighted by Gasteiger charge is -2.24. The third-order valence-electron chi connectivity index (χ3n) is 4.92. The SMILES string of the molecule is CC(C)C[C@H](NC(=O)[C@H](CO)NC(=O)c1cccc(NC(C)C)c1)C(=O)[C@]1(CO)CO1. The number of rotatable bonds is 12. The summed E-state index contributed by atoms with van der Waals surface area (Å²) in [5.41, 5.74) is -0.180. The van der Waals surface area contributed by atoms with Gasteiger partial charge in [0.15, 0.2) is 11.4 Å². The van der Waals surface area contributed by atoms with Gasteiger partial charge < -0.3 is 30.9 Å². The number of carbonyl (C=O) groups is 3. The van der Waals surface area contributed by atoms with E-state index in [4.69, 9.17) is 4.74 Å². The van der Waals surface area contributed by atoms with Crippen LogP contribution in [0.2, 0.25) is 0 Å². The molecule has 2 rings (SSSR count). The number of aliphatic hydroxyl groups excluding tert-OH is 2. The van der Waals surface area contributed by atoms with Crippen LogP contribution in [0.25, 0.3) is 0 Å². The molecule has 0 spiro atoms. The van der Waals surface area contributed by atoms with Crippen LogP contribution in [-0.4, -0.2) is 71.4 Å². The van der Waals surface area contributed by atoms with Crippen molar-refractivity contribution in [1.29, 1.82) is 0 Å². The molecule has 1 heterocycles. The molecule has 9 nitrogen and oxygen atoms in total. The van der Waals surface area contributed by atoms with E-state index in [0.717, 1.165) is 5.69 Å². The van der Waals surface area contributed by atoms with Gasteiger partial charge in [-0.05, 0) is 44.4 Å². The maximum absolute atomic E-state index is 12.8. The summed E-state index contributed by atoms with van der Waals surface area (Å²) in [6.07, 6.45) is 0.338. The summed E-state index contributed by atoms with van der Waals surface area (Å²) >= 11 is 0. The van der Waals surface area contributed by atoms with E-state index in [1.165, 1.54) is 0 Å². The van der Waals surface area contributed by atoms with Crippen molar-refractivity contribution >= 4 is 23.3 Å². The Labute approximate surface area is 182 Å². The standard InChI is InChI=1S/C22H33N3O6/c1-13(2)8-17(19(28)22(11-27)12-31-22)24-21(30)18(10-26)25-20(29)15-6-5-7-16(9-15)23-14(3)4/h5-7,9,13-14,17-18,23,26-27H,8,10-12H2,1-4H3,(H,24,30)(H,25,29)/t17-,18-,22-/m0/s1. The Morgan fingerprint density at radius 3 is 2.29 bits per heavy atom. The highest BCUT2D eigenvalue weighted by molar-refractivity contribution is 6.00. The fourth-order valence-corrected chi connectivity index (χ4v) is 3.21. The van der Waals surface area contributed by atoms with Crippen LogP contribution in [0.5, 0.6) is 0 Å². The average molecular weight is 436 g/mol. The number of hydrogen-bond acceptors (Lipinski definition) is 7. The molecule has 9 heteroatoms. The molecule has 0 bridgehead atoms. The molecule has 0 aliphatic carbocycles. The van der Waals surface area contributed by atoms with Crippen LogP contribution < -0.4 is 16.0 Å². The zero-order valence-electron chi connectivity index (χ0n) is 18.5. The zero-order valence-corrected chi connectivity index (χ0v) is 18.5. The number of carbonyl (C=O) groups excluding carboxylic acids is 3. The number of nitrogens with one attached hydrogen (secondary N) is 3. The van der Waals surface area contributed by atoms with Gasteiger partial charge >= 0.3 is 0 Å². The molecule has 1 saturated heterocycles. The maximum atomic E-state index is 12.8. The number of ether oxygens (including phenoxy) is 1. The number of ketones is 1. The first-order chi connectivity index (χ1) is 14.6. The summed E-state index contributed by atoms with van der Waals surface area (Å²) in [6, 6.07) is 4.85. The van der Waals surface area contributed by atoms with Gasteiger partial charge in [0.1, 0.15) is 6.04 Å². The van der Waals surface area contributed by atoms with Crippen molar-refractivity contribution in [2.75, 3.05) is 25.1 Å². The Balaban J connectivity index is 2.07. The molecule has 1 aromatic rings. The first-order valence-corrected chi connectivity index (χ1v) is 10.5. The Morgan fingerprint density at radius 1 is 1.10 bits per heavy atom. The third kappa shape index (κ3) is 6.75. The van der Waals surface area contributed by atoms with Crippen molar-refractivity contribution in [2.45, 2.75) is 57.8 Å². The van der Waals surface area contributed by atoms with Gasteiger partial charge in [-0.1, -0.05) is 19.9 Å². The summed E-state index contributed by atoms with van der Waals surface area (Å²) in [4.78, 5) is 38.1. The minimum Gasteiger partial charge on any atom is -0.394 e. The van der Waals surface area contributed by atoms with Crippen molar-refractivity contribution in [3.05, 3.63) is 29.8 Å². The first-order valence-electron chi connectivity index (χ1n) is 10.5. The monoisotopic (exact) mass is 435 g/mol. The maximum Gasteiger partial charge on any atom is 0.252 e. The van der Waals surface area contributed by atoms with Gasteiger partial charge in [0, 0.05) is 17.3 Å². The first kappa shape index (κ1) is 24.8. The van der Waals surface area contributed by atoms with Gasteiger partial charge in [0.2, 0.25) is 5.91 Å². The molecule has 1 aromatic carbocycles. The number of hydrogen-bond donors (Lipinski definition) is 5. The van der Waals surface area contributed by atoms with E-state index in [1.807, 2.05) is 33.8 Å². The average Bonchev–Trinajstić information content (AvgIpc) is 3.51. The lowest BCUT2D eigenvalue weighted by atomic mass is 9.92. The van der Waals surface area contributed by atoms with Crippen LogP contribution in [0.15, 0.2) is 24.3 Å². The molecular weight excluding hydrogens is 402 g/mol. The summed E-state index contributed by atoms with van der Waals surface area (Å²) < 4.78 is 5.12. The van der Waals surface area contributed by atoms with Crippen LogP contribution in [0, 0.1) is 5.92 Å². The molecule has 172 valence electrons. The highest BCUT2D eigenvalue weighted by atomic mass is 16.6. The molecule has 2 amide bonds. The summed E-state index contributed by atoms with van der Waals surface area (Å²) in [7, 11) is 0. The van der Waals surface area contributed by atoms with E-state index in [0.29, 0.717) is 12.0 Å². The molecule has 1 fully saturated rings. The topological polar surface area (TPSA) is 140 Å². The molecular formula is C22H33N3O6. The summed E-state index contributed by atoms with van der Waals surface area (Å²) in [5, 5.41) is 27.5. The quantitative estimate of drug-likeness (QED) is 0.300. The third-order valence-corrected chi connectivity index (χ3v) is 4.92. The normalized spacial score (nSPS) is 19.6. The molecule has 3 atom stereocenters. The van der Waals surface area contributed by atoms with Gasteiger partial charge in [-0.15, -0.1) is 0 Å². The van der Waals surface area contributed by atoms with Gasteiger partial charge in [-0.25, -0.2) is 0 Å². The number of anilines is 1. The number of epoxide rings is 1. The van der Waals surface area contributed by atoms with Crippen LogP contribution in [-0.2, 0) is 14.3 Å². The lowest BCUT2D eigenvalue weighted by molar-refractivity contribution is -0.133. The van der Waals surface area contributed by atoms with E-state index in [9.17, 15) is 24.6 Å². The van der Waals surface area contributed by atoms with Gasteiger partial charge in [-0.2, -0.15) is 0 Å². The number of Topliss-reactive ketones (excluding diaryl/α,β-unsaturated/α-hetero) is 1. The van der Waals surface area contributed by atoms with Crippen molar-refractivity contribution < 1.29 is 29.3 Å². The molecule has 0 saturated carbocycles. The minimum atomic E-state index is -1.27. The van der Waals surface area contributed by atoms with Crippen LogP contribution in [0.1, 0.15) is 44.5 Å². The van der Waals surface area contributed by atoms with Crippen molar-refractivity contribution in [2.24, 2.45) is 5.92 Å². The Morgan fingerprint density at radius 2 is 1.77 bits per heavy atom. The summed E-state index contributed by atoms with van der Waals surface area (Å²) in [5.74, 6) is -1.53. The second kappa shape index (κ2) is 10.7. The number of amides is 2. The predicted molar refractivity (Wildman–Crippen MR) is 116 cm³/mol. The largest absolute Gasteiger partial charge is 0.394 e. The fraction of sp³-hybridized carbons (Fsp3) is 0.591. The fourth-order valence-electron chi connectivity index (χ4n) is 3.21. The zero-order chi connectivity index (χ0) is 23.2. The molecule has 1 aliphatic heterocycles. The van der Waals surface area contributed by atoms with Crippen molar-refractivity contribution in [3.63, 3.8) is 0 Å². The second-order valence-electron chi connectivity index (χ2n) is 8.58. The van der Waals surface area contributed by atoms with E-state index >= 15 is 0 Å². The molecule has 31 heavy (non-hydrogen) atoms. The van der Waals surface area contributed by atoms with E-state index in [2.05, 4.69) is 16.0 Å². The molecule has 1 aliphatic rings. The smallest absolute Gasteiger partial charge is 0.252 e. The Kier molecular flexibility index (Phi) is 8.55. The molecule has 0 unspecified atom stereocenters. The highest BCUT2D eigenvalue weighted by Crippen LogP contribution is 2.30. The molecule has 5 N–H and O–H groups in total. The van der Waals surface area contributed by atoms with Crippen LogP contribution >= 0.6 is 0 Å². The molecule has 0 aromatic heterocycles. The van der Waals surface area contributed by atoms with E-state index < -0.39 is 48.5 Å². The van der Waals surface area contributed by atoms with Crippen LogP contribution in [0.4, 0.5) is 5.69 Å². The van der Waals surface area contributed by atoms with Crippen LogP contribution in [0.3, 0.4) is 0 Å². The van der Waals surface area contributed by atoms with E-state index in [1.54, 1.807) is 18.2 Å². The highest BCUT2D eigenvalue weighted by Gasteiger charge is 2.54. The summed E-state index contributed by atoms with van der Waals surface area (Å²) in [6.45, 7) is 6.75. The predicted octanol–water partition coefficient (Wildman–Crippen LogP) is 0.459. The lowest BCUT2D eigenvalue weighted by Crippen LogP contribution is -2.55. The number of aliphatic hydroxyl groups is 2. The number of benzene rings is 1. The van der Waals surface area contributed by atoms with Gasteiger partial charge in [0.25, 0.3) is 5.91 Å². The van der Waals surface area contributed by atoms with Gasteiger partial charge in [0.05, 0.1) is 25.9 Å². The minimum absolute atomic E-state index is 0.0853. The van der Waals surface area contributed by atoms with E-state index in [-0.39, 0.29) is 18.6 Å². The Hall–Kier alpha value is -2.49. The Bertz CT molecular complexity index is 791. The van der Waals surface area contributed by atoms with Crippen molar-refractivity contribution in [1.82, 2.24) is 10.6 Å². The second-order valence-corrected chi connectivity index (χ2v) is 8.58. The van der Waals surface area contributed by atoms with Crippen molar-refractivity contribution in [3.8, 4) is 0 Å². The molecule has 0 radical (unpaired) electrons.